The van der Waals surface area contributed by atoms with Crippen LogP contribution in [0.25, 0.3) is 10.9 Å². The van der Waals surface area contributed by atoms with Gasteiger partial charge in [-0.3, -0.25) is 0 Å². The minimum atomic E-state index is -1.18. The van der Waals surface area contributed by atoms with Gasteiger partial charge in [-0.15, -0.1) is 0 Å². The summed E-state index contributed by atoms with van der Waals surface area (Å²) in [6.45, 7) is 5.21. The van der Waals surface area contributed by atoms with Gasteiger partial charge in [0.05, 0.1) is 5.56 Å². The summed E-state index contributed by atoms with van der Waals surface area (Å²) in [5.74, 6) is -1.82. The lowest BCUT2D eigenvalue weighted by Crippen LogP contribution is -2.24. The molecule has 19 heavy (non-hydrogen) atoms. The maximum Gasteiger partial charge on any atom is 0.353 e. The number of aromatic carboxylic acids is 1. The Balaban J connectivity index is 2.60. The summed E-state index contributed by atoms with van der Waals surface area (Å²) in [6.07, 6.45) is 0. The van der Waals surface area contributed by atoms with Crippen molar-refractivity contribution < 1.29 is 19.4 Å². The van der Waals surface area contributed by atoms with Crippen LogP contribution in [0.3, 0.4) is 0 Å². The number of hydrogen-bond donors (Lipinski definition) is 2. The van der Waals surface area contributed by atoms with E-state index in [0.29, 0.717) is 10.9 Å². The molecule has 0 aliphatic carbocycles. The van der Waals surface area contributed by atoms with E-state index in [1.807, 2.05) is 0 Å². The van der Waals surface area contributed by atoms with Crippen molar-refractivity contribution in [3.8, 4) is 0 Å². The second-order valence-electron chi connectivity index (χ2n) is 5.23. The van der Waals surface area contributed by atoms with Crippen molar-refractivity contribution in [3.63, 3.8) is 0 Å². The molecule has 100 valence electrons. The van der Waals surface area contributed by atoms with Crippen molar-refractivity contribution >= 4 is 22.8 Å². The van der Waals surface area contributed by atoms with Crippen LogP contribution in [0.4, 0.5) is 0 Å². The number of H-pyrrole nitrogens is 1. The third-order valence-corrected chi connectivity index (χ3v) is 2.52. The van der Waals surface area contributed by atoms with Crippen molar-refractivity contribution in [2.45, 2.75) is 26.4 Å². The number of carbonyl (C=O) groups is 2. The summed E-state index contributed by atoms with van der Waals surface area (Å²) in [7, 11) is 0. The van der Waals surface area contributed by atoms with Gasteiger partial charge in [0.25, 0.3) is 0 Å². The van der Waals surface area contributed by atoms with E-state index in [-0.39, 0.29) is 11.3 Å². The minimum Gasteiger partial charge on any atom is -0.477 e. The van der Waals surface area contributed by atoms with Gasteiger partial charge in [-0.25, -0.2) is 9.59 Å². The van der Waals surface area contributed by atoms with Crippen LogP contribution in [-0.4, -0.2) is 27.6 Å². The molecule has 0 aliphatic heterocycles. The van der Waals surface area contributed by atoms with E-state index in [1.165, 1.54) is 0 Å². The van der Waals surface area contributed by atoms with E-state index in [9.17, 15) is 14.7 Å². The van der Waals surface area contributed by atoms with Crippen LogP contribution in [-0.2, 0) is 4.74 Å². The first-order valence-corrected chi connectivity index (χ1v) is 5.87. The highest BCUT2D eigenvalue weighted by molar-refractivity contribution is 6.12. The van der Waals surface area contributed by atoms with Gasteiger partial charge in [-0.1, -0.05) is 18.2 Å². The van der Waals surface area contributed by atoms with Crippen molar-refractivity contribution in [2.24, 2.45) is 0 Å². The minimum absolute atomic E-state index is 0.0676. The smallest absolute Gasteiger partial charge is 0.353 e. The molecule has 0 fully saturated rings. The lowest BCUT2D eigenvalue weighted by molar-refractivity contribution is 0.00682. The van der Waals surface area contributed by atoms with Crippen LogP contribution in [0.2, 0.25) is 0 Å². The third-order valence-electron chi connectivity index (χ3n) is 2.52. The maximum absolute atomic E-state index is 12.2. The molecule has 0 saturated carbocycles. The Morgan fingerprint density at radius 1 is 1.21 bits per heavy atom. The molecule has 2 rings (SSSR count). The monoisotopic (exact) mass is 261 g/mol. The molecule has 1 aromatic heterocycles. The van der Waals surface area contributed by atoms with Crippen LogP contribution >= 0.6 is 0 Å². The highest BCUT2D eigenvalue weighted by atomic mass is 16.6. The predicted octanol–water partition coefficient (Wildman–Crippen LogP) is 2.82. The molecule has 0 spiro atoms. The Kier molecular flexibility index (Phi) is 3.06. The van der Waals surface area contributed by atoms with Crippen LogP contribution < -0.4 is 0 Å². The van der Waals surface area contributed by atoms with Crippen molar-refractivity contribution in [2.75, 3.05) is 0 Å². The molecule has 2 aromatic rings. The van der Waals surface area contributed by atoms with Crippen LogP contribution in [0.5, 0.6) is 0 Å². The Hall–Kier alpha value is -2.30. The summed E-state index contributed by atoms with van der Waals surface area (Å²) >= 11 is 0. The first-order valence-electron chi connectivity index (χ1n) is 5.87. The average molecular weight is 261 g/mol. The zero-order valence-electron chi connectivity index (χ0n) is 11.0. The van der Waals surface area contributed by atoms with Crippen LogP contribution in [0.15, 0.2) is 24.3 Å². The van der Waals surface area contributed by atoms with E-state index < -0.39 is 17.5 Å². The second kappa shape index (κ2) is 4.42. The predicted molar refractivity (Wildman–Crippen MR) is 70.4 cm³/mol. The normalized spacial score (nSPS) is 11.5. The molecule has 2 N–H and O–H groups in total. The summed E-state index contributed by atoms with van der Waals surface area (Å²) in [4.78, 5) is 26.1. The van der Waals surface area contributed by atoms with Crippen molar-refractivity contribution in [1.82, 2.24) is 4.98 Å². The third kappa shape index (κ3) is 2.59. The van der Waals surface area contributed by atoms with Gasteiger partial charge in [0.1, 0.15) is 11.3 Å². The number of ether oxygens (including phenoxy) is 1. The quantitative estimate of drug-likeness (QED) is 0.815. The Morgan fingerprint density at radius 3 is 2.42 bits per heavy atom. The largest absolute Gasteiger partial charge is 0.477 e. The zero-order chi connectivity index (χ0) is 14.2. The van der Waals surface area contributed by atoms with Gasteiger partial charge in [-0.05, 0) is 26.8 Å². The van der Waals surface area contributed by atoms with Crippen LogP contribution in [0, 0.1) is 0 Å². The highest BCUT2D eigenvalue weighted by Gasteiger charge is 2.27. The maximum atomic E-state index is 12.2. The number of carboxylic acids is 1. The van der Waals surface area contributed by atoms with Gasteiger partial charge < -0.3 is 14.8 Å². The van der Waals surface area contributed by atoms with Crippen LogP contribution in [0.1, 0.15) is 41.6 Å². The van der Waals surface area contributed by atoms with E-state index >= 15 is 0 Å². The highest BCUT2D eigenvalue weighted by Crippen LogP contribution is 2.25. The summed E-state index contributed by atoms with van der Waals surface area (Å²) in [6, 6.07) is 6.92. The Morgan fingerprint density at radius 2 is 1.84 bits per heavy atom. The van der Waals surface area contributed by atoms with Gasteiger partial charge in [0.2, 0.25) is 0 Å². The van der Waals surface area contributed by atoms with E-state index in [2.05, 4.69) is 4.98 Å². The Labute approximate surface area is 110 Å². The molecule has 0 unspecified atom stereocenters. The van der Waals surface area contributed by atoms with Gasteiger partial charge in [-0.2, -0.15) is 0 Å². The number of nitrogens with one attached hydrogen (secondary N) is 1. The molecule has 1 aromatic carbocycles. The van der Waals surface area contributed by atoms with E-state index in [0.717, 1.165) is 0 Å². The van der Waals surface area contributed by atoms with E-state index in [1.54, 1.807) is 45.0 Å². The lowest BCUT2D eigenvalue weighted by Gasteiger charge is -2.19. The molecule has 0 atom stereocenters. The second-order valence-corrected chi connectivity index (χ2v) is 5.23. The molecule has 0 saturated heterocycles. The molecule has 1 heterocycles. The van der Waals surface area contributed by atoms with Gasteiger partial charge >= 0.3 is 11.9 Å². The van der Waals surface area contributed by atoms with Gasteiger partial charge in [0.15, 0.2) is 0 Å². The fourth-order valence-corrected chi connectivity index (χ4v) is 1.84. The molecular formula is C14H15NO4. The van der Waals surface area contributed by atoms with E-state index in [4.69, 9.17) is 4.74 Å². The molecule has 0 amide bonds. The SMILES string of the molecule is CC(C)(C)OC(=O)c1c(C(=O)O)[nH]c2ccccc12. The standard InChI is InChI=1S/C14H15NO4/c1-14(2,3)19-13(18)10-8-6-4-5-7-9(8)15-11(10)12(16)17/h4-7,15H,1-3H3,(H,16,17). The summed E-state index contributed by atoms with van der Waals surface area (Å²) < 4.78 is 5.26. The van der Waals surface area contributed by atoms with Gasteiger partial charge in [0, 0.05) is 10.9 Å². The number of hydrogen-bond acceptors (Lipinski definition) is 3. The molecule has 5 nitrogen and oxygen atoms in total. The lowest BCUT2D eigenvalue weighted by atomic mass is 10.1. The fraction of sp³-hybridized carbons (Fsp3) is 0.286. The number of aromatic nitrogens is 1. The molecule has 0 aliphatic rings. The number of esters is 1. The number of carbonyl (C=O) groups excluding carboxylic acids is 1. The molecule has 0 bridgehead atoms. The van der Waals surface area contributed by atoms with Crippen molar-refractivity contribution in [1.29, 1.82) is 0 Å². The first kappa shape index (κ1) is 13.1. The summed E-state index contributed by atoms with van der Waals surface area (Å²) in [5.41, 5.74) is -0.153. The number of rotatable bonds is 2. The summed E-state index contributed by atoms with van der Waals surface area (Å²) in [5, 5.41) is 9.73. The molecule has 0 radical (unpaired) electrons. The number of aromatic amines is 1. The molecule has 5 heteroatoms. The fourth-order valence-electron chi connectivity index (χ4n) is 1.84. The van der Waals surface area contributed by atoms with Crippen molar-refractivity contribution in [3.05, 3.63) is 35.5 Å². The number of fused-ring (bicyclic) bond motifs is 1. The number of benzene rings is 1. The molecular weight excluding hydrogens is 246 g/mol. The Bertz CT molecular complexity index is 649. The average Bonchev–Trinajstić information content (AvgIpc) is 2.65. The first-order chi connectivity index (χ1) is 8.79. The zero-order valence-corrected chi connectivity index (χ0v) is 11.0. The number of carboxylic acid groups (broad SMARTS) is 1. The topological polar surface area (TPSA) is 79.4 Å². The number of para-hydroxylation sites is 1.